The van der Waals surface area contributed by atoms with Gasteiger partial charge in [-0.1, -0.05) is 50.6 Å². The highest BCUT2D eigenvalue weighted by atomic mass is 35.5. The lowest BCUT2D eigenvalue weighted by Crippen LogP contribution is -1.86. The summed E-state index contributed by atoms with van der Waals surface area (Å²) in [5, 5.41) is 10.4. The van der Waals surface area contributed by atoms with E-state index in [-0.39, 0.29) is 0 Å². The molecule has 0 spiro atoms. The Bertz CT molecular complexity index is 341. The van der Waals surface area contributed by atoms with E-state index in [4.69, 9.17) is 11.6 Å². The maximum absolute atomic E-state index is 9.66. The molecule has 0 saturated carbocycles. The van der Waals surface area contributed by atoms with E-state index in [1.54, 1.807) is 12.1 Å². The summed E-state index contributed by atoms with van der Waals surface area (Å²) in [5.41, 5.74) is 0.943. The van der Waals surface area contributed by atoms with Gasteiger partial charge in [-0.3, -0.25) is 0 Å². The van der Waals surface area contributed by atoms with Crippen LogP contribution in [0.3, 0.4) is 0 Å². The van der Waals surface area contributed by atoms with Crippen molar-refractivity contribution in [2.24, 2.45) is 0 Å². The van der Waals surface area contributed by atoms with Crippen LogP contribution in [0.15, 0.2) is 18.2 Å². The third kappa shape index (κ3) is 6.55. The maximum atomic E-state index is 9.66. The summed E-state index contributed by atoms with van der Waals surface area (Å²) in [6, 6.07) is 5.24. The van der Waals surface area contributed by atoms with Crippen LogP contribution in [0.4, 0.5) is 0 Å². The second kappa shape index (κ2) is 9.57. The van der Waals surface area contributed by atoms with Crippen molar-refractivity contribution in [1.82, 2.24) is 0 Å². The summed E-state index contributed by atoms with van der Waals surface area (Å²) in [7, 11) is 0. The van der Waals surface area contributed by atoms with Crippen molar-refractivity contribution in [3.8, 4) is 5.75 Å². The van der Waals surface area contributed by atoms with Crippen molar-refractivity contribution in [3.63, 3.8) is 0 Å². The van der Waals surface area contributed by atoms with Gasteiger partial charge in [0.05, 0.1) is 0 Å². The van der Waals surface area contributed by atoms with Crippen LogP contribution in [0.2, 0.25) is 5.02 Å². The van der Waals surface area contributed by atoms with Gasteiger partial charge >= 0.3 is 0 Å². The molecule has 0 atom stereocenters. The predicted octanol–water partition coefficient (Wildman–Crippen LogP) is 5.64. The summed E-state index contributed by atoms with van der Waals surface area (Å²) < 4.78 is 0. The van der Waals surface area contributed by atoms with E-state index in [2.05, 4.69) is 6.92 Å². The van der Waals surface area contributed by atoms with Gasteiger partial charge in [0.2, 0.25) is 0 Å². The van der Waals surface area contributed by atoms with Crippen molar-refractivity contribution in [1.29, 1.82) is 0 Å². The number of halogens is 1. The number of phenols is 1. The number of hydrogen-bond donors (Lipinski definition) is 1. The lowest BCUT2D eigenvalue weighted by molar-refractivity contribution is 0.470. The van der Waals surface area contributed by atoms with Crippen LogP contribution >= 0.6 is 23.4 Å². The monoisotopic (exact) mass is 286 g/mol. The Morgan fingerprint density at radius 3 is 2.61 bits per heavy atom. The molecule has 0 heterocycles. The lowest BCUT2D eigenvalue weighted by atomic mass is 10.1. The average molecular weight is 287 g/mol. The van der Waals surface area contributed by atoms with Crippen LogP contribution in [0.25, 0.3) is 0 Å². The van der Waals surface area contributed by atoms with E-state index >= 15 is 0 Å². The van der Waals surface area contributed by atoms with Gasteiger partial charge in [0.25, 0.3) is 0 Å². The minimum Gasteiger partial charge on any atom is -0.508 e. The van der Waals surface area contributed by atoms with Crippen molar-refractivity contribution < 1.29 is 5.11 Å². The number of aromatic hydroxyl groups is 1. The normalized spacial score (nSPS) is 10.8. The number of benzene rings is 1. The van der Waals surface area contributed by atoms with Gasteiger partial charge in [0, 0.05) is 16.3 Å². The third-order valence-electron chi connectivity index (χ3n) is 2.94. The number of rotatable bonds is 9. The van der Waals surface area contributed by atoms with Crippen LogP contribution in [-0.2, 0) is 5.75 Å². The van der Waals surface area contributed by atoms with Gasteiger partial charge in [-0.05, 0) is 30.4 Å². The summed E-state index contributed by atoms with van der Waals surface area (Å²) >= 11 is 7.78. The Morgan fingerprint density at radius 1 is 1.11 bits per heavy atom. The minimum absolute atomic E-state index is 0.356. The first-order chi connectivity index (χ1) is 8.74. The van der Waals surface area contributed by atoms with E-state index in [1.165, 1.54) is 38.5 Å². The van der Waals surface area contributed by atoms with Crippen LogP contribution in [0.5, 0.6) is 5.75 Å². The van der Waals surface area contributed by atoms with E-state index in [1.807, 2.05) is 17.8 Å². The first-order valence-corrected chi connectivity index (χ1v) is 8.32. The number of hydrogen-bond acceptors (Lipinski definition) is 2. The zero-order valence-electron chi connectivity index (χ0n) is 11.1. The Morgan fingerprint density at radius 2 is 1.83 bits per heavy atom. The fourth-order valence-electron chi connectivity index (χ4n) is 1.84. The molecule has 102 valence electrons. The Balaban J connectivity index is 2.09. The highest BCUT2D eigenvalue weighted by Gasteiger charge is 2.02. The molecule has 1 aromatic rings. The molecule has 0 amide bonds. The molecule has 0 aliphatic heterocycles. The fraction of sp³-hybridized carbons (Fsp3) is 0.600. The van der Waals surface area contributed by atoms with Gasteiger partial charge in [-0.15, -0.1) is 0 Å². The van der Waals surface area contributed by atoms with Crippen LogP contribution in [0, 0.1) is 0 Å². The van der Waals surface area contributed by atoms with Gasteiger partial charge < -0.3 is 5.11 Å². The fourth-order valence-corrected chi connectivity index (χ4v) is 3.03. The molecule has 0 bridgehead atoms. The molecule has 0 aliphatic rings. The molecule has 1 aromatic carbocycles. The minimum atomic E-state index is 0.356. The number of thioether (sulfide) groups is 1. The summed E-state index contributed by atoms with van der Waals surface area (Å²) in [4.78, 5) is 0. The molecule has 3 heteroatoms. The molecule has 1 rings (SSSR count). The first kappa shape index (κ1) is 15.7. The van der Waals surface area contributed by atoms with Crippen molar-refractivity contribution in [2.45, 2.75) is 51.2 Å². The molecule has 1 nitrogen and oxygen atoms in total. The van der Waals surface area contributed by atoms with E-state index in [9.17, 15) is 5.11 Å². The zero-order chi connectivity index (χ0) is 13.2. The summed E-state index contributed by atoms with van der Waals surface area (Å²) in [6.07, 6.45) is 8.00. The smallest absolute Gasteiger partial charge is 0.119 e. The summed E-state index contributed by atoms with van der Waals surface area (Å²) in [6.45, 7) is 2.24. The maximum Gasteiger partial charge on any atom is 0.119 e. The highest BCUT2D eigenvalue weighted by Crippen LogP contribution is 2.26. The third-order valence-corrected chi connectivity index (χ3v) is 4.27. The largest absolute Gasteiger partial charge is 0.508 e. The molecule has 0 radical (unpaired) electrons. The molecular weight excluding hydrogens is 264 g/mol. The molecular formula is C15H23ClOS. The van der Waals surface area contributed by atoms with Crippen LogP contribution in [-0.4, -0.2) is 10.9 Å². The Labute approximate surface area is 120 Å². The van der Waals surface area contributed by atoms with E-state index in [0.717, 1.165) is 17.1 Å². The van der Waals surface area contributed by atoms with Gasteiger partial charge in [-0.25, -0.2) is 0 Å². The van der Waals surface area contributed by atoms with Gasteiger partial charge in [0.15, 0.2) is 0 Å². The molecule has 0 aliphatic carbocycles. The molecule has 0 fully saturated rings. The molecule has 0 unspecified atom stereocenters. The zero-order valence-corrected chi connectivity index (χ0v) is 12.7. The molecule has 0 aromatic heterocycles. The first-order valence-electron chi connectivity index (χ1n) is 6.79. The second-order valence-electron chi connectivity index (χ2n) is 4.59. The molecule has 18 heavy (non-hydrogen) atoms. The standard InChI is InChI=1S/C15H23ClOS/c1-2-3-4-5-6-7-10-18-12-13-11-14(16)8-9-15(13)17/h8-9,11,17H,2-7,10,12H2,1H3. The van der Waals surface area contributed by atoms with Crippen molar-refractivity contribution in [2.75, 3.05) is 5.75 Å². The Hall–Kier alpha value is -0.340. The predicted molar refractivity (Wildman–Crippen MR) is 82.7 cm³/mol. The Kier molecular flexibility index (Phi) is 8.36. The quantitative estimate of drug-likeness (QED) is 0.593. The molecule has 0 saturated heterocycles. The molecule has 1 N–H and O–H groups in total. The second-order valence-corrected chi connectivity index (χ2v) is 6.13. The van der Waals surface area contributed by atoms with Crippen molar-refractivity contribution >= 4 is 23.4 Å². The van der Waals surface area contributed by atoms with Crippen molar-refractivity contribution in [3.05, 3.63) is 28.8 Å². The topological polar surface area (TPSA) is 20.2 Å². The van der Waals surface area contributed by atoms with Gasteiger partial charge in [-0.2, -0.15) is 11.8 Å². The lowest BCUT2D eigenvalue weighted by Gasteiger charge is -2.05. The number of unbranched alkanes of at least 4 members (excludes halogenated alkanes) is 5. The van der Waals surface area contributed by atoms with Gasteiger partial charge in [0.1, 0.15) is 5.75 Å². The highest BCUT2D eigenvalue weighted by molar-refractivity contribution is 7.98. The van der Waals surface area contributed by atoms with E-state index < -0.39 is 0 Å². The summed E-state index contributed by atoms with van der Waals surface area (Å²) in [5.74, 6) is 2.37. The van der Waals surface area contributed by atoms with Crippen LogP contribution in [0.1, 0.15) is 51.0 Å². The average Bonchev–Trinajstić information content (AvgIpc) is 2.36. The van der Waals surface area contributed by atoms with Crippen LogP contribution < -0.4 is 0 Å². The SMILES string of the molecule is CCCCCCCCSCc1cc(Cl)ccc1O. The number of phenolic OH excluding ortho intramolecular Hbond substituents is 1. The van der Waals surface area contributed by atoms with E-state index in [0.29, 0.717) is 10.8 Å².